The second-order valence-corrected chi connectivity index (χ2v) is 15.0. The lowest BCUT2D eigenvalue weighted by atomic mass is 9.97. The van der Waals surface area contributed by atoms with Crippen molar-refractivity contribution in [2.75, 3.05) is 9.80 Å². The van der Waals surface area contributed by atoms with Gasteiger partial charge >= 0.3 is 0 Å². The summed E-state index contributed by atoms with van der Waals surface area (Å²) in [5.41, 5.74) is 10.5. The first-order valence-electron chi connectivity index (χ1n) is 20.0. The molecule has 0 fully saturated rings. The molecule has 0 saturated heterocycles. The van der Waals surface area contributed by atoms with Gasteiger partial charge in [0.15, 0.2) is 16.7 Å². The third kappa shape index (κ3) is 5.15. The lowest BCUT2D eigenvalue weighted by Gasteiger charge is -2.31. The first-order chi connectivity index (χ1) is 30.2. The SMILES string of the molecule is N#Cc1ccc(N(c2cccc3c2oc2ccccc23)c2c3ccccc3c(N(c3ccc(C#N)cc3)c3cccc4c3oc3ccccc34)c3c2oc2ccccc23)cc1. The second kappa shape index (κ2) is 13.4. The fourth-order valence-corrected chi connectivity index (χ4v) is 9.02. The molecule has 0 aliphatic rings. The number of benzene rings is 9. The summed E-state index contributed by atoms with van der Waals surface area (Å²) in [5, 5.41) is 27.5. The van der Waals surface area contributed by atoms with Crippen molar-refractivity contribution in [3.63, 3.8) is 0 Å². The summed E-state index contributed by atoms with van der Waals surface area (Å²) in [5.74, 6) is 0. The van der Waals surface area contributed by atoms with Gasteiger partial charge in [-0.15, -0.1) is 0 Å². The van der Waals surface area contributed by atoms with Crippen LogP contribution in [0.1, 0.15) is 11.1 Å². The number of para-hydroxylation sites is 5. The monoisotopic (exact) mass is 782 g/mol. The molecule has 0 radical (unpaired) electrons. The Hall–Kier alpha value is -8.78. The van der Waals surface area contributed by atoms with Crippen molar-refractivity contribution in [2.24, 2.45) is 0 Å². The van der Waals surface area contributed by atoms with Gasteiger partial charge in [0.2, 0.25) is 0 Å². The molecule has 0 bridgehead atoms. The molecule has 0 aliphatic carbocycles. The molecule has 7 nitrogen and oxygen atoms in total. The molecule has 0 unspecified atom stereocenters. The summed E-state index contributed by atoms with van der Waals surface area (Å²) < 4.78 is 20.6. The Morgan fingerprint density at radius 2 is 0.705 bits per heavy atom. The van der Waals surface area contributed by atoms with Crippen molar-refractivity contribution in [1.82, 2.24) is 0 Å². The highest BCUT2D eigenvalue weighted by atomic mass is 16.3. The van der Waals surface area contributed by atoms with Crippen LogP contribution in [0.15, 0.2) is 195 Å². The molecule has 284 valence electrons. The molecule has 3 heterocycles. The molecule has 7 heteroatoms. The van der Waals surface area contributed by atoms with Gasteiger partial charge in [0, 0.05) is 49.1 Å². The number of hydrogen-bond donors (Lipinski definition) is 0. The van der Waals surface area contributed by atoms with Gasteiger partial charge in [-0.2, -0.15) is 10.5 Å². The van der Waals surface area contributed by atoms with Crippen molar-refractivity contribution in [3.8, 4) is 12.1 Å². The third-order valence-electron chi connectivity index (χ3n) is 11.7. The molecule has 3 aromatic heterocycles. The lowest BCUT2D eigenvalue weighted by Crippen LogP contribution is -2.14. The fraction of sp³-hybridized carbons (Fsp3) is 0. The lowest BCUT2D eigenvalue weighted by molar-refractivity contribution is 0.666. The summed E-state index contributed by atoms with van der Waals surface area (Å²) >= 11 is 0. The zero-order valence-electron chi connectivity index (χ0n) is 32.3. The average molecular weight is 783 g/mol. The van der Waals surface area contributed by atoms with Crippen molar-refractivity contribution >= 4 is 111 Å². The van der Waals surface area contributed by atoms with Gasteiger partial charge in [0.1, 0.15) is 16.7 Å². The van der Waals surface area contributed by atoms with Crippen LogP contribution in [0.5, 0.6) is 0 Å². The van der Waals surface area contributed by atoms with E-state index in [4.69, 9.17) is 13.3 Å². The van der Waals surface area contributed by atoms with Crippen LogP contribution in [0.25, 0.3) is 76.6 Å². The fourth-order valence-electron chi connectivity index (χ4n) is 9.02. The van der Waals surface area contributed by atoms with Gasteiger partial charge < -0.3 is 23.1 Å². The predicted octanol–water partition coefficient (Wildman–Crippen LogP) is 15.2. The number of nitrogens with zero attached hydrogens (tertiary/aromatic N) is 4. The number of nitriles is 2. The Bertz CT molecular complexity index is 3810. The highest BCUT2D eigenvalue weighted by Crippen LogP contribution is 2.55. The van der Waals surface area contributed by atoms with E-state index >= 15 is 0 Å². The summed E-state index contributed by atoms with van der Waals surface area (Å²) in [6.07, 6.45) is 0. The van der Waals surface area contributed by atoms with E-state index in [0.717, 1.165) is 105 Å². The molecule has 0 saturated carbocycles. The van der Waals surface area contributed by atoms with Crippen LogP contribution in [0.3, 0.4) is 0 Å². The number of rotatable bonds is 6. The molecule has 0 N–H and O–H groups in total. The maximum Gasteiger partial charge on any atom is 0.162 e. The molecule has 12 rings (SSSR count). The predicted molar refractivity (Wildman–Crippen MR) is 245 cm³/mol. The number of fused-ring (bicyclic) bond motifs is 10. The standard InChI is InChI=1S/C54H30N4O3/c55-31-33-23-27-35(28-24-33)57(44-18-9-16-41-37-11-3-6-20-46(37)59-52(41)44)50-39-13-1-2-14-40(39)51(54-49(50)43-15-5-8-22-48(43)61-54)58(36-29-25-34(32-56)26-30-36)45-19-10-17-42-38-12-4-7-21-47(38)60-53(42)45/h1-30H. The average Bonchev–Trinajstić information content (AvgIpc) is 4.02. The quantitative estimate of drug-likeness (QED) is 0.155. The Balaban J connectivity index is 1.25. The smallest absolute Gasteiger partial charge is 0.162 e. The van der Waals surface area contributed by atoms with Gasteiger partial charge in [-0.25, -0.2) is 0 Å². The molecular weight excluding hydrogens is 753 g/mol. The zero-order valence-corrected chi connectivity index (χ0v) is 32.3. The van der Waals surface area contributed by atoms with Gasteiger partial charge in [-0.1, -0.05) is 103 Å². The van der Waals surface area contributed by atoms with Crippen molar-refractivity contribution in [1.29, 1.82) is 10.5 Å². The van der Waals surface area contributed by atoms with E-state index in [9.17, 15) is 10.5 Å². The van der Waals surface area contributed by atoms with E-state index in [2.05, 4.69) is 101 Å². The number of furan rings is 3. The van der Waals surface area contributed by atoms with Crippen LogP contribution in [-0.4, -0.2) is 0 Å². The van der Waals surface area contributed by atoms with Crippen LogP contribution in [0.4, 0.5) is 34.1 Å². The largest absolute Gasteiger partial charge is 0.454 e. The maximum absolute atomic E-state index is 9.89. The molecular formula is C54H30N4O3. The molecule has 0 amide bonds. The minimum absolute atomic E-state index is 0.553. The van der Waals surface area contributed by atoms with Gasteiger partial charge in [0.05, 0.1) is 51.4 Å². The topological polar surface area (TPSA) is 93.5 Å². The Morgan fingerprint density at radius 3 is 1.20 bits per heavy atom. The van der Waals surface area contributed by atoms with Crippen molar-refractivity contribution < 1.29 is 13.3 Å². The first kappa shape index (κ1) is 34.3. The van der Waals surface area contributed by atoms with Crippen molar-refractivity contribution in [3.05, 3.63) is 193 Å². The zero-order chi connectivity index (χ0) is 40.6. The maximum atomic E-state index is 9.89. The summed E-state index contributed by atoms with van der Waals surface area (Å²) in [7, 11) is 0. The minimum atomic E-state index is 0.553. The van der Waals surface area contributed by atoms with Crippen molar-refractivity contribution in [2.45, 2.75) is 0 Å². The van der Waals surface area contributed by atoms with E-state index in [-0.39, 0.29) is 0 Å². The normalized spacial score (nSPS) is 11.6. The van der Waals surface area contributed by atoms with E-state index < -0.39 is 0 Å². The summed E-state index contributed by atoms with van der Waals surface area (Å²) in [4.78, 5) is 4.45. The van der Waals surface area contributed by atoms with Crippen LogP contribution < -0.4 is 9.80 Å². The van der Waals surface area contributed by atoms with Gasteiger partial charge in [0.25, 0.3) is 0 Å². The van der Waals surface area contributed by atoms with Gasteiger partial charge in [-0.05, 0) is 78.9 Å². The Labute approximate surface area is 348 Å². The summed E-state index contributed by atoms with van der Waals surface area (Å²) in [6, 6.07) is 65.1. The summed E-state index contributed by atoms with van der Waals surface area (Å²) in [6.45, 7) is 0. The number of hydrogen-bond acceptors (Lipinski definition) is 7. The van der Waals surface area contributed by atoms with E-state index in [1.165, 1.54) is 0 Å². The Kier molecular flexibility index (Phi) is 7.52. The molecule has 0 atom stereocenters. The van der Waals surface area contributed by atoms with Crippen LogP contribution in [0.2, 0.25) is 0 Å². The second-order valence-electron chi connectivity index (χ2n) is 15.0. The van der Waals surface area contributed by atoms with E-state index in [1.54, 1.807) is 0 Å². The van der Waals surface area contributed by atoms with Crippen LogP contribution in [0, 0.1) is 22.7 Å². The molecule has 61 heavy (non-hydrogen) atoms. The highest BCUT2D eigenvalue weighted by molar-refractivity contribution is 6.29. The first-order valence-corrected chi connectivity index (χ1v) is 20.0. The van der Waals surface area contributed by atoms with Crippen LogP contribution >= 0.6 is 0 Å². The molecule has 12 aromatic rings. The molecule has 0 aliphatic heterocycles. The molecule has 0 spiro atoms. The van der Waals surface area contributed by atoms with Crippen LogP contribution in [-0.2, 0) is 0 Å². The highest BCUT2D eigenvalue weighted by Gasteiger charge is 2.31. The van der Waals surface area contributed by atoms with E-state index in [0.29, 0.717) is 16.7 Å². The van der Waals surface area contributed by atoms with E-state index in [1.807, 2.05) is 103 Å². The molecule has 9 aromatic carbocycles. The number of anilines is 6. The Morgan fingerprint density at radius 1 is 0.328 bits per heavy atom. The minimum Gasteiger partial charge on any atom is -0.454 e. The third-order valence-corrected chi connectivity index (χ3v) is 11.7. The van der Waals surface area contributed by atoms with Gasteiger partial charge in [-0.3, -0.25) is 0 Å².